The minimum atomic E-state index is -0.864. The Morgan fingerprint density at radius 1 is 1.19 bits per heavy atom. The van der Waals surface area contributed by atoms with Gasteiger partial charge in [-0.25, -0.2) is 4.79 Å². The molecule has 0 spiro atoms. The van der Waals surface area contributed by atoms with Crippen LogP contribution in [0, 0.1) is 25.2 Å². The summed E-state index contributed by atoms with van der Waals surface area (Å²) in [5.41, 5.74) is 2.96. The van der Waals surface area contributed by atoms with Crippen molar-refractivity contribution in [3.8, 4) is 11.8 Å². The normalized spacial score (nSPS) is 10.7. The van der Waals surface area contributed by atoms with E-state index in [2.05, 4.69) is 5.32 Å². The van der Waals surface area contributed by atoms with Gasteiger partial charge in [-0.2, -0.15) is 5.26 Å². The first-order valence-electron chi connectivity index (χ1n) is 8.23. The molecule has 2 aromatic rings. The van der Waals surface area contributed by atoms with E-state index in [1.165, 1.54) is 13.2 Å². The number of amides is 1. The van der Waals surface area contributed by atoms with Crippen LogP contribution in [0.5, 0.6) is 5.75 Å². The van der Waals surface area contributed by atoms with Gasteiger partial charge in [-0.3, -0.25) is 4.79 Å². The summed E-state index contributed by atoms with van der Waals surface area (Å²) in [6, 6.07) is 14.3. The first-order chi connectivity index (χ1) is 12.9. The second kappa shape index (κ2) is 9.20. The summed E-state index contributed by atoms with van der Waals surface area (Å²) in [6.07, 6.45) is 1.38. The molecule has 6 heteroatoms. The fraction of sp³-hybridized carbons (Fsp3) is 0.190. The molecule has 0 saturated heterocycles. The summed E-state index contributed by atoms with van der Waals surface area (Å²) in [5.74, 6) is -0.741. The second-order valence-corrected chi connectivity index (χ2v) is 5.89. The Bertz CT molecular complexity index is 926. The monoisotopic (exact) mass is 364 g/mol. The molecule has 0 unspecified atom stereocenters. The smallest absolute Gasteiger partial charge is 0.349 e. The maximum atomic E-state index is 12.1. The number of benzene rings is 2. The molecule has 0 aliphatic carbocycles. The van der Waals surface area contributed by atoms with Crippen molar-refractivity contribution in [2.24, 2.45) is 0 Å². The Morgan fingerprint density at radius 3 is 2.67 bits per heavy atom. The molecular weight excluding hydrogens is 344 g/mol. The van der Waals surface area contributed by atoms with Gasteiger partial charge in [0.1, 0.15) is 17.4 Å². The van der Waals surface area contributed by atoms with Crippen molar-refractivity contribution in [1.82, 2.24) is 0 Å². The highest BCUT2D eigenvalue weighted by Crippen LogP contribution is 2.17. The van der Waals surface area contributed by atoms with Gasteiger partial charge >= 0.3 is 5.97 Å². The van der Waals surface area contributed by atoms with E-state index in [1.807, 2.05) is 32.0 Å². The zero-order valence-corrected chi connectivity index (χ0v) is 15.4. The molecule has 0 atom stereocenters. The fourth-order valence-electron chi connectivity index (χ4n) is 2.30. The molecule has 6 nitrogen and oxygen atoms in total. The number of hydrogen-bond acceptors (Lipinski definition) is 5. The average Bonchev–Trinajstić information content (AvgIpc) is 2.67. The van der Waals surface area contributed by atoms with E-state index in [0.717, 1.165) is 11.1 Å². The molecule has 0 aliphatic rings. The van der Waals surface area contributed by atoms with Crippen LogP contribution >= 0.6 is 0 Å². The lowest BCUT2D eigenvalue weighted by Gasteiger charge is -2.09. The number of carbonyl (C=O) groups is 2. The third-order valence-corrected chi connectivity index (χ3v) is 3.75. The van der Waals surface area contributed by atoms with Crippen LogP contribution in [0.25, 0.3) is 6.08 Å². The SMILES string of the molecule is COc1cccc(/C=C(\C#N)C(=O)OCC(=O)Nc2cc(C)ccc2C)c1. The van der Waals surface area contributed by atoms with Crippen LogP contribution in [0.15, 0.2) is 48.0 Å². The number of nitriles is 1. The highest BCUT2D eigenvalue weighted by Gasteiger charge is 2.14. The maximum Gasteiger partial charge on any atom is 0.349 e. The van der Waals surface area contributed by atoms with E-state index in [4.69, 9.17) is 9.47 Å². The minimum absolute atomic E-state index is 0.206. The minimum Gasteiger partial charge on any atom is -0.497 e. The van der Waals surface area contributed by atoms with E-state index in [9.17, 15) is 14.9 Å². The second-order valence-electron chi connectivity index (χ2n) is 5.89. The number of nitrogens with one attached hydrogen (secondary N) is 1. The molecule has 0 radical (unpaired) electrons. The van der Waals surface area contributed by atoms with Gasteiger partial charge < -0.3 is 14.8 Å². The number of rotatable bonds is 6. The van der Waals surface area contributed by atoms with Crippen LogP contribution in [-0.2, 0) is 14.3 Å². The largest absolute Gasteiger partial charge is 0.497 e. The number of ether oxygens (including phenoxy) is 2. The Hall–Kier alpha value is -3.59. The maximum absolute atomic E-state index is 12.1. The van der Waals surface area contributed by atoms with Crippen LogP contribution in [0.2, 0.25) is 0 Å². The van der Waals surface area contributed by atoms with Crippen molar-refractivity contribution >= 4 is 23.6 Å². The number of nitrogens with zero attached hydrogens (tertiary/aromatic N) is 1. The zero-order chi connectivity index (χ0) is 19.8. The lowest BCUT2D eigenvalue weighted by atomic mass is 10.1. The Kier molecular flexibility index (Phi) is 6.73. The molecule has 0 fully saturated rings. The number of anilines is 1. The van der Waals surface area contributed by atoms with Crippen molar-refractivity contribution in [2.75, 3.05) is 19.0 Å². The molecule has 2 rings (SSSR count). The van der Waals surface area contributed by atoms with Crippen molar-refractivity contribution in [3.63, 3.8) is 0 Å². The third-order valence-electron chi connectivity index (χ3n) is 3.75. The highest BCUT2D eigenvalue weighted by atomic mass is 16.5. The Balaban J connectivity index is 2.00. The van der Waals surface area contributed by atoms with Gasteiger partial charge in [-0.05, 0) is 54.8 Å². The topological polar surface area (TPSA) is 88.4 Å². The van der Waals surface area contributed by atoms with Crippen molar-refractivity contribution in [1.29, 1.82) is 5.26 Å². The van der Waals surface area contributed by atoms with Crippen molar-refractivity contribution < 1.29 is 19.1 Å². The van der Waals surface area contributed by atoms with Gasteiger partial charge in [-0.15, -0.1) is 0 Å². The van der Waals surface area contributed by atoms with Gasteiger partial charge in [0.15, 0.2) is 6.61 Å². The predicted octanol–water partition coefficient (Wildman–Crippen LogP) is 3.40. The summed E-state index contributed by atoms with van der Waals surface area (Å²) >= 11 is 0. The summed E-state index contributed by atoms with van der Waals surface area (Å²) in [4.78, 5) is 24.1. The molecule has 1 amide bonds. The van der Waals surface area contributed by atoms with Crippen LogP contribution in [0.3, 0.4) is 0 Å². The number of carbonyl (C=O) groups excluding carboxylic acids is 2. The summed E-state index contributed by atoms with van der Waals surface area (Å²) in [6.45, 7) is 3.30. The lowest BCUT2D eigenvalue weighted by Crippen LogP contribution is -2.21. The van der Waals surface area contributed by atoms with Crippen LogP contribution < -0.4 is 10.1 Å². The molecule has 0 bridgehead atoms. The van der Waals surface area contributed by atoms with E-state index >= 15 is 0 Å². The molecule has 27 heavy (non-hydrogen) atoms. The van der Waals surface area contributed by atoms with Crippen LogP contribution in [0.4, 0.5) is 5.69 Å². The van der Waals surface area contributed by atoms with Gasteiger partial charge in [0.2, 0.25) is 0 Å². The summed E-state index contributed by atoms with van der Waals surface area (Å²) in [5, 5.41) is 11.9. The quantitative estimate of drug-likeness (QED) is 0.482. The molecule has 0 aromatic heterocycles. The first kappa shape index (κ1) is 19.7. The van der Waals surface area contributed by atoms with E-state index in [0.29, 0.717) is 17.0 Å². The molecule has 0 heterocycles. The lowest BCUT2D eigenvalue weighted by molar-refractivity contribution is -0.142. The molecule has 0 aliphatic heterocycles. The molecular formula is C21H20N2O4. The third kappa shape index (κ3) is 5.72. The van der Waals surface area contributed by atoms with Gasteiger partial charge in [0, 0.05) is 5.69 Å². The van der Waals surface area contributed by atoms with E-state index < -0.39 is 18.5 Å². The fourth-order valence-corrected chi connectivity index (χ4v) is 2.30. The van der Waals surface area contributed by atoms with Gasteiger partial charge in [0.05, 0.1) is 7.11 Å². The van der Waals surface area contributed by atoms with E-state index in [-0.39, 0.29) is 5.57 Å². The zero-order valence-electron chi connectivity index (χ0n) is 15.4. The Labute approximate surface area is 158 Å². The summed E-state index contributed by atoms with van der Waals surface area (Å²) < 4.78 is 10.1. The van der Waals surface area contributed by atoms with Crippen LogP contribution in [-0.4, -0.2) is 25.6 Å². The number of hydrogen-bond donors (Lipinski definition) is 1. The number of methoxy groups -OCH3 is 1. The summed E-state index contributed by atoms with van der Waals surface area (Å²) in [7, 11) is 1.52. The van der Waals surface area contributed by atoms with Gasteiger partial charge in [0.25, 0.3) is 5.91 Å². The molecule has 1 N–H and O–H groups in total. The molecule has 138 valence electrons. The van der Waals surface area contributed by atoms with Crippen molar-refractivity contribution in [2.45, 2.75) is 13.8 Å². The average molecular weight is 364 g/mol. The molecule has 0 saturated carbocycles. The molecule has 2 aromatic carbocycles. The Morgan fingerprint density at radius 2 is 1.96 bits per heavy atom. The first-order valence-corrected chi connectivity index (χ1v) is 8.23. The van der Waals surface area contributed by atoms with Gasteiger partial charge in [-0.1, -0.05) is 24.3 Å². The standard InChI is InChI=1S/C21H20N2O4/c1-14-7-8-15(2)19(9-14)23-20(24)13-27-21(25)17(12-22)10-16-5-4-6-18(11-16)26-3/h4-11H,13H2,1-3H3,(H,23,24)/b17-10+. The highest BCUT2D eigenvalue weighted by molar-refractivity contribution is 6.00. The number of aryl methyl sites for hydroxylation is 2. The van der Waals surface area contributed by atoms with Crippen molar-refractivity contribution in [3.05, 3.63) is 64.7 Å². The van der Waals surface area contributed by atoms with E-state index in [1.54, 1.807) is 30.3 Å². The predicted molar refractivity (Wildman–Crippen MR) is 102 cm³/mol. The van der Waals surface area contributed by atoms with Crippen LogP contribution in [0.1, 0.15) is 16.7 Å². The number of esters is 1.